The summed E-state index contributed by atoms with van der Waals surface area (Å²) in [5, 5.41) is 12.4. The summed E-state index contributed by atoms with van der Waals surface area (Å²) >= 11 is 0. The molecule has 0 aliphatic carbocycles. The zero-order chi connectivity index (χ0) is 17.5. The second kappa shape index (κ2) is 8.19. The molecule has 0 N–H and O–H groups in total. The van der Waals surface area contributed by atoms with Crippen LogP contribution in [0.2, 0.25) is 0 Å². The van der Waals surface area contributed by atoms with Crippen LogP contribution in [0.1, 0.15) is 17.5 Å². The molecule has 0 spiro atoms. The number of esters is 1. The van der Waals surface area contributed by atoms with Crippen molar-refractivity contribution in [2.24, 2.45) is 0 Å². The molecule has 0 radical (unpaired) electrons. The molecule has 0 saturated heterocycles. The van der Waals surface area contributed by atoms with E-state index in [1.807, 2.05) is 61.5 Å². The summed E-state index contributed by atoms with van der Waals surface area (Å²) in [5.74, 6) is 0.378. The van der Waals surface area contributed by atoms with E-state index in [-0.39, 0.29) is 5.97 Å². The molecular formula is C19H20N4O2. The van der Waals surface area contributed by atoms with Crippen molar-refractivity contribution in [3.63, 3.8) is 0 Å². The molecule has 3 aromatic rings. The number of carbonyl (C=O) groups excluding carboxylic acids is 1. The standard InChI is InChI=1S/C19H20N4O2/c1-15-8-5-6-11-17(15)14-18(24)25-13-7-12-23-21-19(20-22-23)16-9-3-2-4-10-16/h2-6,8-11H,7,12-14H2,1H3. The highest BCUT2D eigenvalue weighted by atomic mass is 16.5. The number of nitrogens with zero attached hydrogens (tertiary/aromatic N) is 4. The van der Waals surface area contributed by atoms with Gasteiger partial charge < -0.3 is 4.74 Å². The Kier molecular flexibility index (Phi) is 5.51. The van der Waals surface area contributed by atoms with E-state index in [1.165, 1.54) is 4.80 Å². The SMILES string of the molecule is Cc1ccccc1CC(=O)OCCCn1nnc(-c2ccccc2)n1. The quantitative estimate of drug-likeness (QED) is 0.490. The van der Waals surface area contributed by atoms with Crippen LogP contribution in [0.15, 0.2) is 54.6 Å². The van der Waals surface area contributed by atoms with Gasteiger partial charge in [0.15, 0.2) is 0 Å². The molecule has 0 aliphatic heterocycles. The Bertz CT molecular complexity index is 830. The fourth-order valence-corrected chi connectivity index (χ4v) is 2.45. The lowest BCUT2D eigenvalue weighted by atomic mass is 10.1. The van der Waals surface area contributed by atoms with Gasteiger partial charge in [0, 0.05) is 12.0 Å². The van der Waals surface area contributed by atoms with Gasteiger partial charge in [0.1, 0.15) is 0 Å². The van der Waals surface area contributed by atoms with Crippen molar-refractivity contribution in [3.05, 3.63) is 65.7 Å². The Balaban J connectivity index is 1.42. The van der Waals surface area contributed by atoms with Crippen molar-refractivity contribution in [1.29, 1.82) is 0 Å². The number of aryl methyl sites for hydroxylation is 2. The van der Waals surface area contributed by atoms with Gasteiger partial charge >= 0.3 is 5.97 Å². The number of ether oxygens (including phenoxy) is 1. The highest BCUT2D eigenvalue weighted by molar-refractivity contribution is 5.73. The lowest BCUT2D eigenvalue weighted by Crippen LogP contribution is -2.12. The number of benzene rings is 2. The smallest absolute Gasteiger partial charge is 0.310 e. The number of aromatic nitrogens is 4. The summed E-state index contributed by atoms with van der Waals surface area (Å²) in [5.41, 5.74) is 3.02. The first-order valence-corrected chi connectivity index (χ1v) is 8.26. The van der Waals surface area contributed by atoms with Gasteiger partial charge in [-0.2, -0.15) is 4.80 Å². The maximum absolute atomic E-state index is 11.9. The Morgan fingerprint density at radius 3 is 2.64 bits per heavy atom. The number of tetrazole rings is 1. The molecule has 0 aliphatic rings. The zero-order valence-electron chi connectivity index (χ0n) is 14.1. The molecule has 2 aromatic carbocycles. The summed E-state index contributed by atoms with van der Waals surface area (Å²) < 4.78 is 5.29. The Morgan fingerprint density at radius 2 is 1.84 bits per heavy atom. The van der Waals surface area contributed by atoms with Crippen LogP contribution in [-0.2, 0) is 22.5 Å². The molecule has 0 fully saturated rings. The van der Waals surface area contributed by atoms with Crippen LogP contribution >= 0.6 is 0 Å². The molecule has 6 nitrogen and oxygen atoms in total. The Morgan fingerprint density at radius 1 is 1.08 bits per heavy atom. The minimum absolute atomic E-state index is 0.217. The van der Waals surface area contributed by atoms with Gasteiger partial charge in [-0.15, -0.1) is 10.2 Å². The zero-order valence-corrected chi connectivity index (χ0v) is 14.1. The van der Waals surface area contributed by atoms with Crippen LogP contribution in [0.3, 0.4) is 0 Å². The van der Waals surface area contributed by atoms with E-state index in [2.05, 4.69) is 15.4 Å². The number of hydrogen-bond donors (Lipinski definition) is 0. The van der Waals surface area contributed by atoms with E-state index in [9.17, 15) is 4.79 Å². The molecule has 0 unspecified atom stereocenters. The highest BCUT2D eigenvalue weighted by Gasteiger charge is 2.08. The molecule has 25 heavy (non-hydrogen) atoms. The van der Waals surface area contributed by atoms with Gasteiger partial charge in [-0.05, 0) is 23.3 Å². The van der Waals surface area contributed by atoms with Crippen LogP contribution < -0.4 is 0 Å². The molecule has 0 saturated carbocycles. The summed E-state index contributed by atoms with van der Waals surface area (Å²) in [7, 11) is 0. The molecule has 0 atom stereocenters. The molecule has 128 valence electrons. The normalized spacial score (nSPS) is 10.6. The first kappa shape index (κ1) is 16.8. The third kappa shape index (κ3) is 4.73. The van der Waals surface area contributed by atoms with Gasteiger partial charge in [0.2, 0.25) is 5.82 Å². The van der Waals surface area contributed by atoms with Crippen molar-refractivity contribution in [2.75, 3.05) is 6.61 Å². The summed E-state index contributed by atoms with van der Waals surface area (Å²) in [6.45, 7) is 2.88. The number of rotatable bonds is 7. The van der Waals surface area contributed by atoms with E-state index in [0.717, 1.165) is 16.7 Å². The van der Waals surface area contributed by atoms with E-state index in [4.69, 9.17) is 4.74 Å². The second-order valence-corrected chi connectivity index (χ2v) is 5.75. The van der Waals surface area contributed by atoms with E-state index < -0.39 is 0 Å². The van der Waals surface area contributed by atoms with Crippen molar-refractivity contribution in [3.8, 4) is 11.4 Å². The third-order valence-electron chi connectivity index (χ3n) is 3.85. The van der Waals surface area contributed by atoms with Gasteiger partial charge in [0.05, 0.1) is 19.6 Å². The van der Waals surface area contributed by atoms with Crippen LogP contribution in [0.25, 0.3) is 11.4 Å². The third-order valence-corrected chi connectivity index (χ3v) is 3.85. The largest absolute Gasteiger partial charge is 0.465 e. The molecule has 0 amide bonds. The van der Waals surface area contributed by atoms with Gasteiger partial charge in [-0.1, -0.05) is 54.6 Å². The molecular weight excluding hydrogens is 316 g/mol. The highest BCUT2D eigenvalue weighted by Crippen LogP contribution is 2.12. The summed E-state index contributed by atoms with van der Waals surface area (Å²) in [6, 6.07) is 17.5. The van der Waals surface area contributed by atoms with E-state index >= 15 is 0 Å². The maximum atomic E-state index is 11.9. The lowest BCUT2D eigenvalue weighted by molar-refractivity contribution is -0.143. The first-order chi connectivity index (χ1) is 12.2. The molecule has 1 heterocycles. The van der Waals surface area contributed by atoms with E-state index in [0.29, 0.717) is 31.8 Å². The molecule has 1 aromatic heterocycles. The lowest BCUT2D eigenvalue weighted by Gasteiger charge is -2.06. The van der Waals surface area contributed by atoms with Gasteiger partial charge in [-0.3, -0.25) is 4.79 Å². The summed E-state index contributed by atoms with van der Waals surface area (Å²) in [4.78, 5) is 13.4. The molecule has 6 heteroatoms. The predicted molar refractivity (Wildman–Crippen MR) is 93.7 cm³/mol. The average Bonchev–Trinajstić information content (AvgIpc) is 3.10. The second-order valence-electron chi connectivity index (χ2n) is 5.75. The van der Waals surface area contributed by atoms with Crippen LogP contribution in [-0.4, -0.2) is 32.8 Å². The van der Waals surface area contributed by atoms with Crippen LogP contribution in [0, 0.1) is 6.92 Å². The van der Waals surface area contributed by atoms with Crippen molar-refractivity contribution < 1.29 is 9.53 Å². The van der Waals surface area contributed by atoms with Gasteiger partial charge in [-0.25, -0.2) is 0 Å². The first-order valence-electron chi connectivity index (χ1n) is 8.26. The molecule has 0 bridgehead atoms. The summed E-state index contributed by atoms with van der Waals surface area (Å²) in [6.07, 6.45) is 0.941. The monoisotopic (exact) mass is 336 g/mol. The van der Waals surface area contributed by atoms with Gasteiger partial charge in [0.25, 0.3) is 0 Å². The maximum Gasteiger partial charge on any atom is 0.310 e. The van der Waals surface area contributed by atoms with Crippen LogP contribution in [0.4, 0.5) is 0 Å². The van der Waals surface area contributed by atoms with E-state index in [1.54, 1.807) is 0 Å². The average molecular weight is 336 g/mol. The molecule has 3 rings (SSSR count). The minimum atomic E-state index is -0.217. The fraction of sp³-hybridized carbons (Fsp3) is 0.263. The number of carbonyl (C=O) groups is 1. The topological polar surface area (TPSA) is 69.9 Å². The van der Waals surface area contributed by atoms with Crippen molar-refractivity contribution >= 4 is 5.97 Å². The Hall–Kier alpha value is -3.02. The van der Waals surface area contributed by atoms with Crippen LogP contribution in [0.5, 0.6) is 0 Å². The van der Waals surface area contributed by atoms with Crippen molar-refractivity contribution in [1.82, 2.24) is 20.2 Å². The fourth-order valence-electron chi connectivity index (χ4n) is 2.45. The Labute approximate surface area is 146 Å². The minimum Gasteiger partial charge on any atom is -0.465 e. The van der Waals surface area contributed by atoms with Crippen molar-refractivity contribution in [2.45, 2.75) is 26.3 Å². The number of hydrogen-bond acceptors (Lipinski definition) is 5. The predicted octanol–water partition coefficient (Wildman–Crippen LogP) is 2.82.